The minimum absolute atomic E-state index is 0.929. The highest BCUT2D eigenvalue weighted by Gasteiger charge is 2.11. The molecule has 0 amide bonds. The fourth-order valence-electron chi connectivity index (χ4n) is 3.21. The Kier molecular flexibility index (Phi) is 4.53. The number of para-hydroxylation sites is 2. The molecule has 0 aliphatic rings. The van der Waals surface area contributed by atoms with Crippen LogP contribution in [0.5, 0.6) is 0 Å². The van der Waals surface area contributed by atoms with Crippen LogP contribution >= 0.6 is 0 Å². The molecule has 1 aromatic heterocycles. The maximum absolute atomic E-state index is 6.15. The van der Waals surface area contributed by atoms with Gasteiger partial charge in [-0.3, -0.25) is 0 Å². The Labute approximate surface area is 153 Å². The van der Waals surface area contributed by atoms with Crippen molar-refractivity contribution in [1.29, 1.82) is 0 Å². The van der Waals surface area contributed by atoms with Crippen molar-refractivity contribution in [2.75, 3.05) is 0 Å². The number of benzene rings is 3. The van der Waals surface area contributed by atoms with Gasteiger partial charge in [-0.1, -0.05) is 97.1 Å². The lowest BCUT2D eigenvalue weighted by Crippen LogP contribution is -1.81. The molecule has 0 bridgehead atoms. The lowest BCUT2D eigenvalue weighted by Gasteiger charge is -2.02. The zero-order chi connectivity index (χ0) is 17.8. The summed E-state index contributed by atoms with van der Waals surface area (Å²) in [7, 11) is 0. The van der Waals surface area contributed by atoms with Crippen molar-refractivity contribution < 1.29 is 4.42 Å². The van der Waals surface area contributed by atoms with E-state index in [4.69, 9.17) is 4.42 Å². The third-order valence-corrected chi connectivity index (χ3v) is 4.50. The summed E-state index contributed by atoms with van der Waals surface area (Å²) in [5, 5.41) is 2.32. The van der Waals surface area contributed by atoms with Gasteiger partial charge in [0.05, 0.1) is 0 Å². The second-order valence-electron chi connectivity index (χ2n) is 6.15. The largest absolute Gasteiger partial charge is 0.455 e. The Morgan fingerprint density at radius 1 is 0.769 bits per heavy atom. The van der Waals surface area contributed by atoms with Crippen LogP contribution in [0.25, 0.3) is 33.6 Å². The summed E-state index contributed by atoms with van der Waals surface area (Å²) < 4.78 is 6.15. The molecule has 0 fully saturated rings. The van der Waals surface area contributed by atoms with Crippen LogP contribution in [0.2, 0.25) is 0 Å². The van der Waals surface area contributed by atoms with E-state index in [1.165, 1.54) is 5.56 Å². The molecular weight excluding hydrogens is 316 g/mol. The molecule has 0 radical (unpaired) electrons. The van der Waals surface area contributed by atoms with Crippen molar-refractivity contribution in [3.63, 3.8) is 0 Å². The fraction of sp³-hybridized carbons (Fsp3) is 0.0400. The van der Waals surface area contributed by atoms with E-state index in [9.17, 15) is 0 Å². The summed E-state index contributed by atoms with van der Waals surface area (Å²) in [6.45, 7) is 2.06. The van der Waals surface area contributed by atoms with Gasteiger partial charge in [0, 0.05) is 16.3 Å². The van der Waals surface area contributed by atoms with Gasteiger partial charge in [-0.15, -0.1) is 0 Å². The molecule has 0 saturated carbocycles. The molecule has 0 spiro atoms. The van der Waals surface area contributed by atoms with Crippen LogP contribution in [0.3, 0.4) is 0 Å². The first kappa shape index (κ1) is 16.2. The number of hydrogen-bond donors (Lipinski definition) is 0. The maximum Gasteiger partial charge on any atom is 0.143 e. The molecule has 126 valence electrons. The topological polar surface area (TPSA) is 13.1 Å². The maximum atomic E-state index is 6.15. The third-order valence-electron chi connectivity index (χ3n) is 4.50. The van der Waals surface area contributed by atoms with Gasteiger partial charge in [0.15, 0.2) is 0 Å². The minimum Gasteiger partial charge on any atom is -0.455 e. The van der Waals surface area contributed by atoms with Gasteiger partial charge in [-0.2, -0.15) is 0 Å². The average molecular weight is 336 g/mol. The highest BCUT2D eigenvalue weighted by atomic mass is 16.3. The second-order valence-corrected chi connectivity index (χ2v) is 6.15. The quantitative estimate of drug-likeness (QED) is 0.357. The second kappa shape index (κ2) is 7.28. The van der Waals surface area contributed by atoms with E-state index >= 15 is 0 Å². The number of fused-ring (bicyclic) bond motifs is 3. The molecule has 1 heteroatoms. The van der Waals surface area contributed by atoms with Crippen LogP contribution in [0, 0.1) is 0 Å². The van der Waals surface area contributed by atoms with Gasteiger partial charge >= 0.3 is 0 Å². The van der Waals surface area contributed by atoms with E-state index < -0.39 is 0 Å². The number of hydrogen-bond acceptors (Lipinski definition) is 1. The predicted molar refractivity (Wildman–Crippen MR) is 112 cm³/mol. The molecule has 0 saturated heterocycles. The summed E-state index contributed by atoms with van der Waals surface area (Å²) in [5.74, 6) is 0. The van der Waals surface area contributed by atoms with E-state index in [1.54, 1.807) is 0 Å². The molecule has 4 aromatic rings. The first-order valence-corrected chi connectivity index (χ1v) is 8.83. The molecular formula is C25H20O. The van der Waals surface area contributed by atoms with Gasteiger partial charge in [0.2, 0.25) is 0 Å². The van der Waals surface area contributed by atoms with Crippen LogP contribution in [0.4, 0.5) is 0 Å². The smallest absolute Gasteiger partial charge is 0.143 e. The predicted octanol–water partition coefficient (Wildman–Crippen LogP) is 7.26. The summed E-state index contributed by atoms with van der Waals surface area (Å²) in [4.78, 5) is 0. The molecule has 26 heavy (non-hydrogen) atoms. The summed E-state index contributed by atoms with van der Waals surface area (Å²) >= 11 is 0. The lowest BCUT2D eigenvalue weighted by atomic mass is 10.0. The van der Waals surface area contributed by atoms with Gasteiger partial charge < -0.3 is 4.42 Å². The monoisotopic (exact) mass is 336 g/mol. The average Bonchev–Trinajstić information content (AvgIpc) is 3.08. The van der Waals surface area contributed by atoms with E-state index in [0.717, 1.165) is 33.1 Å². The summed E-state index contributed by atoms with van der Waals surface area (Å²) in [6, 6.07) is 24.8. The Bertz CT molecular complexity index is 1120. The highest BCUT2D eigenvalue weighted by molar-refractivity contribution is 6.08. The molecule has 0 aliphatic heterocycles. The zero-order valence-electron chi connectivity index (χ0n) is 14.7. The van der Waals surface area contributed by atoms with Crippen LogP contribution in [0.15, 0.2) is 102 Å². The molecule has 0 aliphatic carbocycles. The van der Waals surface area contributed by atoms with Gasteiger partial charge in [-0.05, 0) is 24.1 Å². The van der Waals surface area contributed by atoms with E-state index in [0.29, 0.717) is 0 Å². The van der Waals surface area contributed by atoms with Crippen molar-refractivity contribution in [1.82, 2.24) is 0 Å². The van der Waals surface area contributed by atoms with Crippen LogP contribution < -0.4 is 0 Å². The van der Waals surface area contributed by atoms with E-state index in [1.807, 2.05) is 30.3 Å². The molecule has 0 unspecified atom stereocenters. The number of rotatable bonds is 4. The number of allylic oxidation sites excluding steroid dienone is 5. The number of furan rings is 1. The van der Waals surface area contributed by atoms with Crippen molar-refractivity contribution >= 4 is 33.6 Å². The van der Waals surface area contributed by atoms with Crippen LogP contribution in [-0.2, 0) is 0 Å². The Balaban J connectivity index is 1.69. The first-order chi connectivity index (χ1) is 12.9. The van der Waals surface area contributed by atoms with Crippen molar-refractivity contribution in [3.05, 3.63) is 108 Å². The lowest BCUT2D eigenvalue weighted by molar-refractivity contribution is 0.668. The fourth-order valence-corrected chi connectivity index (χ4v) is 3.21. The molecule has 1 nitrogen and oxygen atoms in total. The van der Waals surface area contributed by atoms with E-state index in [2.05, 4.69) is 79.8 Å². The highest BCUT2D eigenvalue weighted by Crippen LogP contribution is 2.33. The van der Waals surface area contributed by atoms with Gasteiger partial charge in [0.25, 0.3) is 0 Å². The first-order valence-electron chi connectivity index (χ1n) is 8.83. The normalized spacial score (nSPS) is 12.7. The molecule has 4 rings (SSSR count). The summed E-state index contributed by atoms with van der Waals surface area (Å²) in [5.41, 5.74) is 5.33. The van der Waals surface area contributed by atoms with Gasteiger partial charge in [-0.25, -0.2) is 0 Å². The van der Waals surface area contributed by atoms with E-state index in [-0.39, 0.29) is 0 Å². The zero-order valence-corrected chi connectivity index (χ0v) is 14.7. The molecule has 0 atom stereocenters. The van der Waals surface area contributed by atoms with Crippen LogP contribution in [0.1, 0.15) is 18.1 Å². The Morgan fingerprint density at radius 3 is 2.38 bits per heavy atom. The Morgan fingerprint density at radius 2 is 1.54 bits per heavy atom. The standard InChI is InChI=1S/C25H20O/c1-2-20(14-7-6-13-19-11-4-3-5-12-19)21-16-10-17-23-22-15-8-9-18-24(22)26-25(21)23/h2-18H,1H3/b13-6+,14-7-,20-2+. The van der Waals surface area contributed by atoms with Crippen LogP contribution in [-0.4, -0.2) is 0 Å². The molecule has 1 heterocycles. The van der Waals surface area contributed by atoms with Crippen molar-refractivity contribution in [2.24, 2.45) is 0 Å². The minimum atomic E-state index is 0.929. The Hall–Kier alpha value is -3.32. The third kappa shape index (κ3) is 3.12. The van der Waals surface area contributed by atoms with Gasteiger partial charge in [0.1, 0.15) is 11.2 Å². The summed E-state index contributed by atoms with van der Waals surface area (Å²) in [6.07, 6.45) is 10.5. The SMILES string of the molecule is C\C=C(/C=C\C=C\c1ccccc1)c1cccc2c1oc1ccccc12. The molecule has 3 aromatic carbocycles. The van der Waals surface area contributed by atoms with Crippen molar-refractivity contribution in [2.45, 2.75) is 6.92 Å². The molecule has 0 N–H and O–H groups in total. The van der Waals surface area contributed by atoms with Crippen molar-refractivity contribution in [3.8, 4) is 0 Å².